The number of hydrogen-bond donors (Lipinski definition) is 0. The van der Waals surface area contributed by atoms with Crippen molar-refractivity contribution >= 4 is 11.8 Å². The molecular formula is C10H13NS. The van der Waals surface area contributed by atoms with Gasteiger partial charge in [-0.15, -0.1) is 0 Å². The van der Waals surface area contributed by atoms with Crippen LogP contribution >= 0.6 is 11.8 Å². The van der Waals surface area contributed by atoms with E-state index in [0.29, 0.717) is 0 Å². The highest BCUT2D eigenvalue weighted by molar-refractivity contribution is 8.02. The Morgan fingerprint density at radius 3 is 3.17 bits per heavy atom. The lowest BCUT2D eigenvalue weighted by Gasteiger charge is -1.92. The van der Waals surface area contributed by atoms with Crippen LogP contribution in [0.1, 0.15) is 19.8 Å². The quantitative estimate of drug-likeness (QED) is 0.656. The van der Waals surface area contributed by atoms with E-state index in [0.717, 1.165) is 6.42 Å². The number of aromatic nitrogens is 1. The Kier molecular flexibility index (Phi) is 4.54. The molecule has 0 aliphatic carbocycles. The Balaban J connectivity index is 2.33. The minimum absolute atomic E-state index is 1.16. The van der Waals surface area contributed by atoms with E-state index in [4.69, 9.17) is 0 Å². The highest BCUT2D eigenvalue weighted by Gasteiger charge is 1.86. The summed E-state index contributed by atoms with van der Waals surface area (Å²) in [6.07, 6.45) is 8.23. The maximum atomic E-state index is 4.03. The number of nitrogens with zero attached hydrogens (tertiary/aromatic N) is 1. The lowest BCUT2D eigenvalue weighted by atomic mass is 10.3. The summed E-state index contributed by atoms with van der Waals surface area (Å²) in [5, 5.41) is 2.13. The summed E-state index contributed by atoms with van der Waals surface area (Å²) >= 11 is 1.72. The molecule has 0 atom stereocenters. The molecule has 0 aliphatic heterocycles. The SMILES string of the molecule is CCCC=CSc1cccnc1. The zero-order valence-corrected chi connectivity index (χ0v) is 8.05. The van der Waals surface area contributed by atoms with E-state index in [2.05, 4.69) is 29.5 Å². The van der Waals surface area contributed by atoms with Crippen LogP contribution in [0.3, 0.4) is 0 Å². The number of pyridine rings is 1. The van der Waals surface area contributed by atoms with Crippen LogP contribution in [0.5, 0.6) is 0 Å². The molecule has 1 aromatic heterocycles. The van der Waals surface area contributed by atoms with Crippen molar-refractivity contribution in [3.8, 4) is 0 Å². The van der Waals surface area contributed by atoms with Crippen molar-refractivity contribution in [1.82, 2.24) is 4.98 Å². The van der Waals surface area contributed by atoms with Crippen LogP contribution in [-0.2, 0) is 0 Å². The second-order valence-electron chi connectivity index (χ2n) is 2.47. The minimum Gasteiger partial charge on any atom is -0.264 e. The van der Waals surface area contributed by atoms with Gasteiger partial charge >= 0.3 is 0 Å². The monoisotopic (exact) mass is 179 g/mol. The molecule has 1 heterocycles. The van der Waals surface area contributed by atoms with Crippen LogP contribution in [-0.4, -0.2) is 4.98 Å². The Morgan fingerprint density at radius 2 is 2.50 bits per heavy atom. The largest absolute Gasteiger partial charge is 0.264 e. The molecule has 0 radical (unpaired) electrons. The predicted octanol–water partition coefficient (Wildman–Crippen LogP) is 3.49. The molecule has 0 fully saturated rings. The molecule has 0 aromatic carbocycles. The van der Waals surface area contributed by atoms with Crippen LogP contribution in [0, 0.1) is 0 Å². The number of hydrogen-bond acceptors (Lipinski definition) is 2. The van der Waals surface area contributed by atoms with Gasteiger partial charge in [-0.1, -0.05) is 31.2 Å². The molecule has 2 heteroatoms. The van der Waals surface area contributed by atoms with Gasteiger partial charge in [0.05, 0.1) is 0 Å². The zero-order chi connectivity index (χ0) is 8.65. The van der Waals surface area contributed by atoms with E-state index in [1.165, 1.54) is 11.3 Å². The second kappa shape index (κ2) is 5.84. The molecule has 12 heavy (non-hydrogen) atoms. The van der Waals surface area contributed by atoms with Crippen LogP contribution in [0.2, 0.25) is 0 Å². The van der Waals surface area contributed by atoms with Gasteiger partial charge in [0.2, 0.25) is 0 Å². The lowest BCUT2D eigenvalue weighted by molar-refractivity contribution is 0.960. The summed E-state index contributed by atoms with van der Waals surface area (Å²) in [4.78, 5) is 5.23. The molecular weight excluding hydrogens is 166 g/mol. The molecule has 1 rings (SSSR count). The van der Waals surface area contributed by atoms with E-state index in [9.17, 15) is 0 Å². The molecule has 0 aliphatic rings. The third kappa shape index (κ3) is 3.58. The van der Waals surface area contributed by atoms with E-state index in [1.807, 2.05) is 12.3 Å². The fraction of sp³-hybridized carbons (Fsp3) is 0.300. The standard InChI is InChI=1S/C10H13NS/c1-2-3-4-8-12-10-6-5-7-11-9-10/h4-9H,2-3H2,1H3. The van der Waals surface area contributed by atoms with Crippen molar-refractivity contribution in [2.24, 2.45) is 0 Å². The van der Waals surface area contributed by atoms with Gasteiger partial charge < -0.3 is 0 Å². The summed E-state index contributed by atoms with van der Waals surface area (Å²) in [5.41, 5.74) is 0. The van der Waals surface area contributed by atoms with Gasteiger partial charge in [-0.25, -0.2) is 0 Å². The van der Waals surface area contributed by atoms with Gasteiger partial charge in [-0.2, -0.15) is 0 Å². The van der Waals surface area contributed by atoms with Crippen LogP contribution in [0.15, 0.2) is 40.9 Å². The maximum absolute atomic E-state index is 4.03. The first-order valence-electron chi connectivity index (χ1n) is 4.15. The Morgan fingerprint density at radius 1 is 1.58 bits per heavy atom. The molecule has 0 spiro atoms. The van der Waals surface area contributed by atoms with Gasteiger partial charge in [-0.05, 0) is 24.0 Å². The fourth-order valence-corrected chi connectivity index (χ4v) is 1.45. The third-order valence-corrected chi connectivity index (χ3v) is 2.23. The highest BCUT2D eigenvalue weighted by Crippen LogP contribution is 2.17. The molecule has 0 bridgehead atoms. The lowest BCUT2D eigenvalue weighted by Crippen LogP contribution is -1.69. The zero-order valence-electron chi connectivity index (χ0n) is 7.23. The molecule has 0 saturated carbocycles. The molecule has 0 saturated heterocycles. The first-order valence-corrected chi connectivity index (χ1v) is 5.03. The van der Waals surface area contributed by atoms with Gasteiger partial charge in [-0.3, -0.25) is 4.98 Å². The van der Waals surface area contributed by atoms with Crippen LogP contribution < -0.4 is 0 Å². The fourth-order valence-electron chi connectivity index (χ4n) is 0.778. The number of unbranched alkanes of at least 4 members (excludes halogenated alkanes) is 1. The Hall–Kier alpha value is -0.760. The Bertz CT molecular complexity index is 231. The maximum Gasteiger partial charge on any atom is 0.0407 e. The van der Waals surface area contributed by atoms with Gasteiger partial charge in [0.25, 0.3) is 0 Å². The highest BCUT2D eigenvalue weighted by atomic mass is 32.2. The van der Waals surface area contributed by atoms with Gasteiger partial charge in [0.15, 0.2) is 0 Å². The number of thioether (sulfide) groups is 1. The van der Waals surface area contributed by atoms with Crippen LogP contribution in [0.4, 0.5) is 0 Å². The third-order valence-electron chi connectivity index (χ3n) is 1.39. The summed E-state index contributed by atoms with van der Waals surface area (Å²) in [5.74, 6) is 0. The van der Waals surface area contributed by atoms with E-state index in [1.54, 1.807) is 18.0 Å². The summed E-state index contributed by atoms with van der Waals surface area (Å²) in [7, 11) is 0. The average molecular weight is 179 g/mol. The minimum atomic E-state index is 1.16. The van der Waals surface area contributed by atoms with E-state index in [-0.39, 0.29) is 0 Å². The molecule has 1 aromatic rings. The van der Waals surface area contributed by atoms with Crippen LogP contribution in [0.25, 0.3) is 0 Å². The van der Waals surface area contributed by atoms with Crippen molar-refractivity contribution in [1.29, 1.82) is 0 Å². The van der Waals surface area contributed by atoms with Crippen molar-refractivity contribution in [2.45, 2.75) is 24.7 Å². The van der Waals surface area contributed by atoms with E-state index >= 15 is 0 Å². The molecule has 0 N–H and O–H groups in total. The normalized spacial score (nSPS) is 10.8. The smallest absolute Gasteiger partial charge is 0.0407 e. The van der Waals surface area contributed by atoms with Gasteiger partial charge in [0.1, 0.15) is 0 Å². The summed E-state index contributed by atoms with van der Waals surface area (Å²) in [6, 6.07) is 4.02. The summed E-state index contributed by atoms with van der Waals surface area (Å²) in [6.45, 7) is 2.18. The molecule has 0 unspecified atom stereocenters. The molecule has 64 valence electrons. The topological polar surface area (TPSA) is 12.9 Å². The summed E-state index contributed by atoms with van der Waals surface area (Å²) < 4.78 is 0. The second-order valence-corrected chi connectivity index (χ2v) is 3.45. The van der Waals surface area contributed by atoms with Gasteiger partial charge in [0, 0.05) is 17.3 Å². The van der Waals surface area contributed by atoms with Crippen molar-refractivity contribution in [3.05, 3.63) is 36.0 Å². The predicted molar refractivity (Wildman–Crippen MR) is 54.1 cm³/mol. The van der Waals surface area contributed by atoms with E-state index < -0.39 is 0 Å². The average Bonchev–Trinajstić information content (AvgIpc) is 2.14. The molecule has 1 nitrogen and oxygen atoms in total. The van der Waals surface area contributed by atoms with Crippen molar-refractivity contribution in [3.63, 3.8) is 0 Å². The number of allylic oxidation sites excluding steroid dienone is 1. The first kappa shape index (κ1) is 9.33. The molecule has 0 amide bonds. The Labute approximate surface area is 77.9 Å². The van der Waals surface area contributed by atoms with Crippen molar-refractivity contribution in [2.75, 3.05) is 0 Å². The van der Waals surface area contributed by atoms with Crippen molar-refractivity contribution < 1.29 is 0 Å². The first-order chi connectivity index (χ1) is 5.93. The number of rotatable bonds is 4.